The van der Waals surface area contributed by atoms with Gasteiger partial charge in [0.1, 0.15) is 0 Å². The Morgan fingerprint density at radius 2 is 1.59 bits per heavy atom. The zero-order chi connectivity index (χ0) is 19.2. The van der Waals surface area contributed by atoms with E-state index < -0.39 is 0 Å². The summed E-state index contributed by atoms with van der Waals surface area (Å²) >= 11 is 5.85. The largest absolute Gasteiger partial charge is 0.368 e. The van der Waals surface area contributed by atoms with E-state index in [0.717, 1.165) is 43.1 Å². The standard InChI is InChI=1S/C21H22ClN3O2/c1-16(26)24-12-14-25(15-13-24)20-9-7-19(8-10-20)23-21(27)11-4-17-2-5-18(22)6-3-17/h2-11H,12-15H2,1H3,(H,23,27)/b11-4-. The molecule has 1 aliphatic rings. The number of benzene rings is 2. The molecule has 1 saturated heterocycles. The van der Waals surface area contributed by atoms with E-state index in [1.165, 1.54) is 6.08 Å². The number of anilines is 2. The molecule has 1 aliphatic heterocycles. The van der Waals surface area contributed by atoms with Gasteiger partial charge in [-0.2, -0.15) is 0 Å². The maximum Gasteiger partial charge on any atom is 0.248 e. The monoisotopic (exact) mass is 383 g/mol. The molecule has 0 spiro atoms. The van der Waals surface area contributed by atoms with Crippen molar-refractivity contribution in [3.63, 3.8) is 0 Å². The predicted octanol–water partition coefficient (Wildman–Crippen LogP) is 3.66. The SMILES string of the molecule is CC(=O)N1CCN(c2ccc(NC(=O)/C=C\c3ccc(Cl)cc3)cc2)CC1. The van der Waals surface area contributed by atoms with Gasteiger partial charge in [0.2, 0.25) is 11.8 Å². The molecule has 2 amide bonds. The fraction of sp³-hybridized carbons (Fsp3) is 0.238. The van der Waals surface area contributed by atoms with Crippen LogP contribution in [0.5, 0.6) is 0 Å². The van der Waals surface area contributed by atoms with Gasteiger partial charge in [-0.05, 0) is 48.0 Å². The number of halogens is 1. The molecule has 2 aromatic carbocycles. The third-order valence-corrected chi connectivity index (χ3v) is 4.77. The molecule has 0 radical (unpaired) electrons. The second-order valence-corrected chi connectivity index (χ2v) is 6.85. The van der Waals surface area contributed by atoms with Crippen LogP contribution in [0.2, 0.25) is 5.02 Å². The molecule has 140 valence electrons. The van der Waals surface area contributed by atoms with Crippen LogP contribution in [0.4, 0.5) is 11.4 Å². The Morgan fingerprint density at radius 3 is 2.19 bits per heavy atom. The van der Waals surface area contributed by atoms with Crippen LogP contribution in [-0.4, -0.2) is 42.9 Å². The second kappa shape index (κ2) is 8.73. The molecular formula is C21H22ClN3O2. The first kappa shape index (κ1) is 19.0. The van der Waals surface area contributed by atoms with E-state index in [9.17, 15) is 9.59 Å². The number of amides is 2. The summed E-state index contributed by atoms with van der Waals surface area (Å²) in [5.41, 5.74) is 2.74. The van der Waals surface area contributed by atoms with Crippen molar-refractivity contribution in [2.24, 2.45) is 0 Å². The lowest BCUT2D eigenvalue weighted by atomic mass is 10.2. The van der Waals surface area contributed by atoms with Crippen LogP contribution in [0.15, 0.2) is 54.6 Å². The minimum atomic E-state index is -0.187. The number of carbonyl (C=O) groups excluding carboxylic acids is 2. The third kappa shape index (κ3) is 5.34. The van der Waals surface area contributed by atoms with E-state index in [2.05, 4.69) is 10.2 Å². The molecule has 3 rings (SSSR count). The van der Waals surface area contributed by atoms with Crippen molar-refractivity contribution in [2.75, 3.05) is 36.4 Å². The summed E-state index contributed by atoms with van der Waals surface area (Å²) in [7, 11) is 0. The summed E-state index contributed by atoms with van der Waals surface area (Å²) in [6.07, 6.45) is 3.24. The van der Waals surface area contributed by atoms with Crippen molar-refractivity contribution >= 4 is 40.9 Å². The first-order valence-electron chi connectivity index (χ1n) is 8.86. The van der Waals surface area contributed by atoms with Crippen molar-refractivity contribution in [3.8, 4) is 0 Å². The molecule has 0 atom stereocenters. The van der Waals surface area contributed by atoms with Crippen LogP contribution in [0.1, 0.15) is 12.5 Å². The van der Waals surface area contributed by atoms with Gasteiger partial charge in [0.15, 0.2) is 0 Å². The topological polar surface area (TPSA) is 52.7 Å². The van der Waals surface area contributed by atoms with Gasteiger partial charge in [-0.1, -0.05) is 23.7 Å². The number of piperazine rings is 1. The van der Waals surface area contributed by atoms with Crippen LogP contribution in [-0.2, 0) is 9.59 Å². The number of carbonyl (C=O) groups is 2. The Kier molecular flexibility index (Phi) is 6.14. The highest BCUT2D eigenvalue weighted by atomic mass is 35.5. The van der Waals surface area contributed by atoms with Gasteiger partial charge in [-0.25, -0.2) is 0 Å². The molecule has 1 heterocycles. The Morgan fingerprint density at radius 1 is 0.963 bits per heavy atom. The van der Waals surface area contributed by atoms with E-state index in [-0.39, 0.29) is 11.8 Å². The normalized spacial score (nSPS) is 14.4. The lowest BCUT2D eigenvalue weighted by molar-refractivity contribution is -0.129. The van der Waals surface area contributed by atoms with Gasteiger partial charge < -0.3 is 15.1 Å². The summed E-state index contributed by atoms with van der Waals surface area (Å²) in [4.78, 5) is 27.6. The second-order valence-electron chi connectivity index (χ2n) is 6.41. The first-order valence-corrected chi connectivity index (χ1v) is 9.24. The molecule has 0 aromatic heterocycles. The fourth-order valence-corrected chi connectivity index (χ4v) is 3.09. The number of nitrogens with zero attached hydrogens (tertiary/aromatic N) is 2. The molecule has 1 fully saturated rings. The maximum absolute atomic E-state index is 12.1. The quantitative estimate of drug-likeness (QED) is 0.820. The average molecular weight is 384 g/mol. The molecule has 0 bridgehead atoms. The maximum atomic E-state index is 12.1. The van der Waals surface area contributed by atoms with Gasteiger partial charge >= 0.3 is 0 Å². The van der Waals surface area contributed by atoms with Gasteiger partial charge in [0.05, 0.1) is 0 Å². The van der Waals surface area contributed by atoms with Crippen LogP contribution in [0, 0.1) is 0 Å². The van der Waals surface area contributed by atoms with Crippen molar-refractivity contribution < 1.29 is 9.59 Å². The number of nitrogens with one attached hydrogen (secondary N) is 1. The Balaban J connectivity index is 1.53. The molecule has 6 heteroatoms. The average Bonchev–Trinajstić information content (AvgIpc) is 2.68. The highest BCUT2D eigenvalue weighted by molar-refractivity contribution is 6.30. The smallest absolute Gasteiger partial charge is 0.248 e. The van der Waals surface area contributed by atoms with Crippen molar-refractivity contribution in [2.45, 2.75) is 6.92 Å². The summed E-state index contributed by atoms with van der Waals surface area (Å²) in [5, 5.41) is 3.52. The van der Waals surface area contributed by atoms with Crippen molar-refractivity contribution in [3.05, 3.63) is 65.2 Å². The molecule has 0 unspecified atom stereocenters. The zero-order valence-corrected chi connectivity index (χ0v) is 15.9. The Bertz CT molecular complexity index is 824. The number of rotatable bonds is 4. The molecule has 27 heavy (non-hydrogen) atoms. The van der Waals surface area contributed by atoms with Gasteiger partial charge in [0, 0.05) is 55.6 Å². The van der Waals surface area contributed by atoms with Crippen molar-refractivity contribution in [1.82, 2.24) is 4.90 Å². The summed E-state index contributed by atoms with van der Waals surface area (Å²) < 4.78 is 0. The minimum Gasteiger partial charge on any atom is -0.368 e. The molecule has 1 N–H and O–H groups in total. The zero-order valence-electron chi connectivity index (χ0n) is 15.2. The highest BCUT2D eigenvalue weighted by Gasteiger charge is 2.18. The summed E-state index contributed by atoms with van der Waals surface area (Å²) in [6.45, 7) is 4.71. The summed E-state index contributed by atoms with van der Waals surface area (Å²) in [5.74, 6) is -0.0628. The lowest BCUT2D eigenvalue weighted by Crippen LogP contribution is -2.48. The molecular weight excluding hydrogens is 362 g/mol. The number of hydrogen-bond acceptors (Lipinski definition) is 3. The van der Waals surface area contributed by atoms with E-state index in [1.807, 2.05) is 41.3 Å². The molecule has 0 saturated carbocycles. The van der Waals surface area contributed by atoms with Crippen LogP contribution >= 0.6 is 11.6 Å². The van der Waals surface area contributed by atoms with E-state index >= 15 is 0 Å². The van der Waals surface area contributed by atoms with Gasteiger partial charge in [-0.15, -0.1) is 0 Å². The Labute approximate surface area is 164 Å². The lowest BCUT2D eigenvalue weighted by Gasteiger charge is -2.35. The van der Waals surface area contributed by atoms with Crippen LogP contribution < -0.4 is 10.2 Å². The van der Waals surface area contributed by atoms with Crippen molar-refractivity contribution in [1.29, 1.82) is 0 Å². The fourth-order valence-electron chi connectivity index (χ4n) is 2.96. The van der Waals surface area contributed by atoms with Crippen LogP contribution in [0.25, 0.3) is 6.08 Å². The first-order chi connectivity index (χ1) is 13.0. The van der Waals surface area contributed by atoms with E-state index in [4.69, 9.17) is 11.6 Å². The molecule has 0 aliphatic carbocycles. The van der Waals surface area contributed by atoms with Crippen LogP contribution in [0.3, 0.4) is 0 Å². The third-order valence-electron chi connectivity index (χ3n) is 4.52. The molecule has 5 nitrogen and oxygen atoms in total. The molecule has 2 aromatic rings. The highest BCUT2D eigenvalue weighted by Crippen LogP contribution is 2.20. The van der Waals surface area contributed by atoms with E-state index in [1.54, 1.807) is 25.1 Å². The number of hydrogen-bond donors (Lipinski definition) is 1. The van der Waals surface area contributed by atoms with E-state index in [0.29, 0.717) is 5.02 Å². The van der Waals surface area contributed by atoms with Gasteiger partial charge in [0.25, 0.3) is 0 Å². The van der Waals surface area contributed by atoms with Gasteiger partial charge in [-0.3, -0.25) is 9.59 Å². The predicted molar refractivity (Wildman–Crippen MR) is 110 cm³/mol. The summed E-state index contributed by atoms with van der Waals surface area (Å²) in [6, 6.07) is 15.0. The minimum absolute atomic E-state index is 0.124. The Hall–Kier alpha value is -2.79.